The van der Waals surface area contributed by atoms with Crippen LogP contribution in [0.1, 0.15) is 55.6 Å². The molecule has 0 aliphatic heterocycles. The Balaban J connectivity index is 2.02. The number of nitrogens with zero attached hydrogens (tertiary/aromatic N) is 3. The van der Waals surface area contributed by atoms with Crippen molar-refractivity contribution < 1.29 is 14.6 Å². The fraction of sp³-hybridized carbons (Fsp3) is 0.435. The lowest BCUT2D eigenvalue weighted by molar-refractivity contribution is -0.143. The SMILES string of the molecule is CCOC(=O)CCCCc1c(C[O])nn2c(CC)ccc2c1-c1cncc(C)c1. The molecule has 0 aliphatic rings. The van der Waals surface area contributed by atoms with Crippen molar-refractivity contribution in [1.82, 2.24) is 14.6 Å². The summed E-state index contributed by atoms with van der Waals surface area (Å²) in [5.74, 6) is -0.174. The van der Waals surface area contributed by atoms with Crippen molar-refractivity contribution in [3.63, 3.8) is 0 Å². The van der Waals surface area contributed by atoms with E-state index in [9.17, 15) is 9.90 Å². The van der Waals surface area contributed by atoms with E-state index in [2.05, 4.69) is 35.2 Å². The van der Waals surface area contributed by atoms with Gasteiger partial charge in [0.2, 0.25) is 0 Å². The van der Waals surface area contributed by atoms with E-state index in [0.29, 0.717) is 25.1 Å². The second-order valence-corrected chi connectivity index (χ2v) is 7.18. The van der Waals surface area contributed by atoms with E-state index in [4.69, 9.17) is 4.74 Å². The summed E-state index contributed by atoms with van der Waals surface area (Å²) in [6, 6.07) is 6.23. The Morgan fingerprint density at radius 3 is 2.69 bits per heavy atom. The Morgan fingerprint density at radius 1 is 1.17 bits per heavy atom. The van der Waals surface area contributed by atoms with Gasteiger partial charge in [0.1, 0.15) is 6.61 Å². The van der Waals surface area contributed by atoms with Crippen molar-refractivity contribution in [2.45, 2.75) is 59.5 Å². The molecule has 0 fully saturated rings. The second-order valence-electron chi connectivity index (χ2n) is 7.18. The summed E-state index contributed by atoms with van der Waals surface area (Å²) < 4.78 is 6.90. The number of rotatable bonds is 9. The molecule has 0 unspecified atom stereocenters. The lowest BCUT2D eigenvalue weighted by Crippen LogP contribution is -2.09. The summed E-state index contributed by atoms with van der Waals surface area (Å²) in [5, 5.41) is 16.7. The van der Waals surface area contributed by atoms with Gasteiger partial charge in [-0.05, 0) is 68.9 Å². The normalized spacial score (nSPS) is 11.2. The van der Waals surface area contributed by atoms with Gasteiger partial charge in [-0.25, -0.2) is 9.62 Å². The molecular formula is C23H28N3O3. The van der Waals surface area contributed by atoms with Crippen molar-refractivity contribution in [1.29, 1.82) is 0 Å². The summed E-state index contributed by atoms with van der Waals surface area (Å²) >= 11 is 0. The van der Waals surface area contributed by atoms with Crippen molar-refractivity contribution in [3.05, 3.63) is 53.1 Å². The van der Waals surface area contributed by atoms with Gasteiger partial charge in [-0.15, -0.1) is 0 Å². The van der Waals surface area contributed by atoms with Crippen LogP contribution in [0, 0.1) is 6.92 Å². The average molecular weight is 394 g/mol. The van der Waals surface area contributed by atoms with Gasteiger partial charge < -0.3 is 4.74 Å². The molecule has 0 bridgehead atoms. The summed E-state index contributed by atoms with van der Waals surface area (Å²) in [7, 11) is 0. The zero-order valence-corrected chi connectivity index (χ0v) is 17.4. The van der Waals surface area contributed by atoms with E-state index in [1.54, 1.807) is 0 Å². The minimum atomic E-state index is -0.378. The Morgan fingerprint density at radius 2 is 2.00 bits per heavy atom. The van der Waals surface area contributed by atoms with Crippen molar-refractivity contribution in [3.8, 4) is 11.1 Å². The zero-order valence-electron chi connectivity index (χ0n) is 17.4. The Hall–Kier alpha value is -2.73. The van der Waals surface area contributed by atoms with E-state index in [1.165, 1.54) is 0 Å². The molecule has 0 aromatic carbocycles. The number of pyridine rings is 1. The van der Waals surface area contributed by atoms with Gasteiger partial charge in [-0.3, -0.25) is 9.78 Å². The predicted octanol–water partition coefficient (Wildman–Crippen LogP) is 4.47. The molecule has 3 heterocycles. The van der Waals surface area contributed by atoms with Gasteiger partial charge in [0.25, 0.3) is 0 Å². The number of aromatic nitrogens is 3. The van der Waals surface area contributed by atoms with Crippen LogP contribution in [0.25, 0.3) is 16.6 Å². The first-order chi connectivity index (χ1) is 14.1. The third kappa shape index (κ3) is 4.65. The molecular weight excluding hydrogens is 366 g/mol. The molecule has 29 heavy (non-hydrogen) atoms. The highest BCUT2D eigenvalue weighted by Crippen LogP contribution is 2.33. The van der Waals surface area contributed by atoms with Crippen molar-refractivity contribution >= 4 is 11.5 Å². The van der Waals surface area contributed by atoms with Crippen molar-refractivity contribution in [2.24, 2.45) is 0 Å². The summed E-state index contributed by atoms with van der Waals surface area (Å²) in [6.07, 6.45) is 7.10. The molecule has 0 atom stereocenters. The van der Waals surface area contributed by atoms with Crippen LogP contribution in [0.2, 0.25) is 0 Å². The minimum absolute atomic E-state index is 0.174. The first kappa shape index (κ1) is 21.0. The fourth-order valence-corrected chi connectivity index (χ4v) is 3.73. The first-order valence-electron chi connectivity index (χ1n) is 10.3. The third-order valence-corrected chi connectivity index (χ3v) is 5.09. The number of fused-ring (bicyclic) bond motifs is 1. The number of ether oxygens (including phenoxy) is 1. The molecule has 0 spiro atoms. The number of hydrogen-bond donors (Lipinski definition) is 0. The van der Waals surface area contributed by atoms with Crippen LogP contribution in [0.4, 0.5) is 0 Å². The van der Waals surface area contributed by atoms with E-state index >= 15 is 0 Å². The first-order valence-corrected chi connectivity index (χ1v) is 10.3. The highest BCUT2D eigenvalue weighted by atomic mass is 16.5. The molecule has 153 valence electrons. The van der Waals surface area contributed by atoms with Crippen LogP contribution in [0.15, 0.2) is 30.6 Å². The van der Waals surface area contributed by atoms with Crippen LogP contribution in [-0.4, -0.2) is 27.2 Å². The van der Waals surface area contributed by atoms with Crippen LogP contribution in [-0.2, 0) is 34.1 Å². The van der Waals surface area contributed by atoms with Gasteiger partial charge in [-0.1, -0.05) is 6.92 Å². The number of hydrogen-bond acceptors (Lipinski definition) is 4. The number of esters is 1. The number of aryl methyl sites for hydroxylation is 2. The Bertz CT molecular complexity index is 994. The number of unbranched alkanes of at least 4 members (excludes halogenated alkanes) is 1. The monoisotopic (exact) mass is 394 g/mol. The maximum absolute atomic E-state index is 12.0. The fourth-order valence-electron chi connectivity index (χ4n) is 3.73. The third-order valence-electron chi connectivity index (χ3n) is 5.09. The topological polar surface area (TPSA) is 76.4 Å². The quantitative estimate of drug-likeness (QED) is 0.396. The minimum Gasteiger partial charge on any atom is -0.466 e. The maximum atomic E-state index is 12.0. The molecule has 1 radical (unpaired) electrons. The zero-order chi connectivity index (χ0) is 20.8. The molecule has 0 amide bonds. The summed E-state index contributed by atoms with van der Waals surface area (Å²) in [5.41, 5.74) is 6.68. The Kier molecular flexibility index (Phi) is 6.99. The van der Waals surface area contributed by atoms with Crippen LogP contribution >= 0.6 is 0 Å². The van der Waals surface area contributed by atoms with Gasteiger partial charge in [0.15, 0.2) is 0 Å². The van der Waals surface area contributed by atoms with Crippen molar-refractivity contribution in [2.75, 3.05) is 6.61 Å². The van der Waals surface area contributed by atoms with E-state index in [0.717, 1.165) is 52.7 Å². The highest BCUT2D eigenvalue weighted by Gasteiger charge is 2.19. The van der Waals surface area contributed by atoms with Gasteiger partial charge in [-0.2, -0.15) is 5.10 Å². The van der Waals surface area contributed by atoms with Gasteiger partial charge in [0, 0.05) is 35.6 Å². The molecule has 6 nitrogen and oxygen atoms in total. The molecule has 0 saturated carbocycles. The summed E-state index contributed by atoms with van der Waals surface area (Å²) in [6.45, 7) is 5.92. The number of carbonyl (C=O) groups is 1. The van der Waals surface area contributed by atoms with Crippen LogP contribution < -0.4 is 0 Å². The second kappa shape index (κ2) is 9.65. The average Bonchev–Trinajstić information content (AvgIpc) is 3.13. The molecule has 3 aromatic rings. The largest absolute Gasteiger partial charge is 0.466 e. The number of carbonyl (C=O) groups excluding carboxylic acids is 1. The van der Waals surface area contributed by atoms with E-state index in [-0.39, 0.29) is 12.6 Å². The maximum Gasteiger partial charge on any atom is 0.305 e. The van der Waals surface area contributed by atoms with Crippen LogP contribution in [0.3, 0.4) is 0 Å². The molecule has 3 rings (SSSR count). The smallest absolute Gasteiger partial charge is 0.305 e. The van der Waals surface area contributed by atoms with E-state index < -0.39 is 0 Å². The lowest BCUT2D eigenvalue weighted by Gasteiger charge is -2.16. The molecule has 0 saturated heterocycles. The highest BCUT2D eigenvalue weighted by molar-refractivity contribution is 5.83. The van der Waals surface area contributed by atoms with E-state index in [1.807, 2.05) is 30.8 Å². The predicted molar refractivity (Wildman–Crippen MR) is 111 cm³/mol. The molecule has 3 aromatic heterocycles. The molecule has 0 N–H and O–H groups in total. The molecule has 0 aliphatic carbocycles. The van der Waals surface area contributed by atoms with Gasteiger partial charge >= 0.3 is 5.97 Å². The Labute approximate surface area is 171 Å². The molecule has 6 heteroatoms. The van der Waals surface area contributed by atoms with Crippen LogP contribution in [0.5, 0.6) is 0 Å². The standard InChI is InChI=1S/C23H28N3O3/c1-4-18-10-11-21-23(17-12-16(3)13-24-14-17)19(20(15-27)25-26(18)21)8-6-7-9-22(28)29-5-2/h10-14H,4-9,15H2,1-3H3. The summed E-state index contributed by atoms with van der Waals surface area (Å²) in [4.78, 5) is 16.0. The van der Waals surface area contributed by atoms with Gasteiger partial charge in [0.05, 0.1) is 17.8 Å². The lowest BCUT2D eigenvalue weighted by atomic mass is 9.95.